The van der Waals surface area contributed by atoms with Gasteiger partial charge in [-0.1, -0.05) is 104 Å². The Labute approximate surface area is 292 Å². The normalized spacial score (nSPS) is 11.7. The molecule has 3 rings (SSSR count). The van der Waals surface area contributed by atoms with Crippen LogP contribution < -0.4 is 0 Å². The number of hydrogen-bond acceptors (Lipinski definition) is 8. The van der Waals surface area contributed by atoms with E-state index in [0.29, 0.717) is 92.5 Å². The molecule has 0 saturated heterocycles. The average molecular weight is 687 g/mol. The first-order chi connectivity index (χ1) is 23.9. The maximum Gasteiger partial charge on any atom is 0.143 e. The molecule has 0 saturated carbocycles. The number of alkyl halides is 1. The maximum absolute atomic E-state index is 6.72. The molecule has 266 valence electrons. The van der Waals surface area contributed by atoms with Gasteiger partial charge in [-0.25, -0.2) is 0 Å². The highest BCUT2D eigenvalue weighted by molar-refractivity contribution is 6.17. The Hall–Kier alpha value is -2.37. The molecule has 0 radical (unpaired) electrons. The molecule has 48 heavy (non-hydrogen) atoms. The minimum atomic E-state index is -0.743. The molecule has 3 aromatic rings. The van der Waals surface area contributed by atoms with Gasteiger partial charge in [0.25, 0.3) is 0 Å². The lowest BCUT2D eigenvalue weighted by molar-refractivity contribution is -0.0397. The minimum absolute atomic E-state index is 0.423. The van der Waals surface area contributed by atoms with E-state index in [0.717, 1.165) is 42.0 Å². The molecule has 0 heterocycles. The zero-order chi connectivity index (χ0) is 33.6. The van der Waals surface area contributed by atoms with E-state index in [1.807, 2.05) is 54.6 Å². The lowest BCUT2D eigenvalue weighted by atomic mass is 9.80. The second-order valence-electron chi connectivity index (χ2n) is 11.0. The van der Waals surface area contributed by atoms with Crippen LogP contribution in [0, 0.1) is 0 Å². The van der Waals surface area contributed by atoms with Crippen LogP contribution in [-0.2, 0) is 43.5 Å². The molecule has 0 fully saturated rings. The van der Waals surface area contributed by atoms with Crippen LogP contribution in [0.4, 0.5) is 0 Å². The summed E-state index contributed by atoms with van der Waals surface area (Å²) in [7, 11) is 0. The molecule has 0 N–H and O–H groups in total. The molecule has 0 aliphatic rings. The second-order valence-corrected chi connectivity index (χ2v) is 11.4. The van der Waals surface area contributed by atoms with Gasteiger partial charge in [0.15, 0.2) is 0 Å². The summed E-state index contributed by atoms with van der Waals surface area (Å²) in [5.41, 5.74) is 2.47. The summed E-state index contributed by atoms with van der Waals surface area (Å²) in [6, 6.07) is 31.0. The molecule has 3 aromatic carbocycles. The van der Waals surface area contributed by atoms with Crippen LogP contribution in [0.15, 0.2) is 91.0 Å². The second kappa shape index (κ2) is 27.5. The number of halogens is 1. The molecular formula is C39H55ClO8. The fourth-order valence-electron chi connectivity index (χ4n) is 5.10. The van der Waals surface area contributed by atoms with Crippen LogP contribution in [0.25, 0.3) is 0 Å². The first-order valence-electron chi connectivity index (χ1n) is 17.3. The first kappa shape index (κ1) is 40.1. The summed E-state index contributed by atoms with van der Waals surface area (Å²) in [4.78, 5) is 0. The highest BCUT2D eigenvalue weighted by Crippen LogP contribution is 2.40. The predicted molar refractivity (Wildman–Crippen MR) is 190 cm³/mol. The van der Waals surface area contributed by atoms with E-state index in [4.69, 9.17) is 49.5 Å². The SMILES string of the molecule is ClCCCCCCOCCOCCOCCOCCOCCOCCOCCOC(c1ccccc1)(c1ccccc1)c1ccccc1. The van der Waals surface area contributed by atoms with Crippen molar-refractivity contribution in [2.75, 3.05) is 105 Å². The van der Waals surface area contributed by atoms with Crippen molar-refractivity contribution in [1.29, 1.82) is 0 Å². The Balaban J connectivity index is 1.14. The van der Waals surface area contributed by atoms with E-state index in [9.17, 15) is 0 Å². The standard InChI is InChI=1S/C39H55ClO8/c40-20-12-1-2-13-21-41-22-23-42-24-25-43-26-27-44-28-29-45-30-31-46-32-33-47-34-35-48-39(36-14-6-3-7-15-36,37-16-8-4-9-17-37)38-18-10-5-11-19-38/h3-11,14-19H,1-2,12-13,20-35H2. The summed E-state index contributed by atoms with van der Waals surface area (Å²) < 4.78 is 45.9. The van der Waals surface area contributed by atoms with Gasteiger partial charge < -0.3 is 37.9 Å². The number of hydrogen-bond donors (Lipinski definition) is 0. The third kappa shape index (κ3) is 16.4. The molecular weight excluding hydrogens is 632 g/mol. The Morgan fingerprint density at radius 3 is 0.958 bits per heavy atom. The summed E-state index contributed by atoms with van der Waals surface area (Å²) in [5, 5.41) is 0. The van der Waals surface area contributed by atoms with Crippen molar-refractivity contribution in [2.45, 2.75) is 31.3 Å². The van der Waals surface area contributed by atoms with E-state index in [-0.39, 0.29) is 0 Å². The first-order valence-corrected chi connectivity index (χ1v) is 17.8. The molecule has 0 spiro atoms. The van der Waals surface area contributed by atoms with Gasteiger partial charge in [0.2, 0.25) is 0 Å². The van der Waals surface area contributed by atoms with Gasteiger partial charge in [-0.3, -0.25) is 0 Å². The summed E-state index contributed by atoms with van der Waals surface area (Å²) in [6.07, 6.45) is 4.50. The van der Waals surface area contributed by atoms with Gasteiger partial charge in [-0.2, -0.15) is 0 Å². The highest BCUT2D eigenvalue weighted by atomic mass is 35.5. The van der Waals surface area contributed by atoms with Gasteiger partial charge in [-0.15, -0.1) is 11.6 Å². The zero-order valence-electron chi connectivity index (χ0n) is 28.4. The van der Waals surface area contributed by atoms with E-state index in [1.54, 1.807) is 0 Å². The fraction of sp³-hybridized carbons (Fsp3) is 0.538. The van der Waals surface area contributed by atoms with Gasteiger partial charge in [-0.05, 0) is 29.5 Å². The van der Waals surface area contributed by atoms with Gasteiger partial charge in [0.05, 0.1) is 92.5 Å². The van der Waals surface area contributed by atoms with E-state index >= 15 is 0 Å². The topological polar surface area (TPSA) is 73.8 Å². The van der Waals surface area contributed by atoms with Gasteiger partial charge in [0, 0.05) is 12.5 Å². The summed E-state index contributed by atoms with van der Waals surface area (Å²) in [6.45, 7) is 8.03. The number of unbranched alkanes of at least 4 members (excludes halogenated alkanes) is 3. The molecule has 0 aliphatic carbocycles. The van der Waals surface area contributed by atoms with Crippen molar-refractivity contribution in [3.8, 4) is 0 Å². The lowest BCUT2D eigenvalue weighted by Crippen LogP contribution is -2.34. The third-order valence-corrected chi connectivity index (χ3v) is 7.76. The summed E-state index contributed by atoms with van der Waals surface area (Å²) >= 11 is 5.67. The lowest BCUT2D eigenvalue weighted by Gasteiger charge is -2.36. The van der Waals surface area contributed by atoms with Crippen LogP contribution in [0.5, 0.6) is 0 Å². The van der Waals surface area contributed by atoms with E-state index in [2.05, 4.69) is 36.4 Å². The van der Waals surface area contributed by atoms with Crippen molar-refractivity contribution in [1.82, 2.24) is 0 Å². The molecule has 0 aliphatic heterocycles. The highest BCUT2D eigenvalue weighted by Gasteiger charge is 2.37. The molecule has 8 nitrogen and oxygen atoms in total. The minimum Gasteiger partial charge on any atom is -0.379 e. The Kier molecular flexibility index (Phi) is 22.9. The molecule has 0 amide bonds. The molecule has 0 atom stereocenters. The molecule has 0 aromatic heterocycles. The van der Waals surface area contributed by atoms with Gasteiger partial charge >= 0.3 is 0 Å². The summed E-state index contributed by atoms with van der Waals surface area (Å²) in [5.74, 6) is 0.744. The van der Waals surface area contributed by atoms with Crippen LogP contribution in [-0.4, -0.2) is 105 Å². The number of benzene rings is 3. The Bertz CT molecular complexity index is 1030. The smallest absolute Gasteiger partial charge is 0.143 e. The molecule has 0 bridgehead atoms. The van der Waals surface area contributed by atoms with Crippen molar-refractivity contribution in [3.05, 3.63) is 108 Å². The van der Waals surface area contributed by atoms with Crippen molar-refractivity contribution < 1.29 is 37.9 Å². The van der Waals surface area contributed by atoms with Crippen LogP contribution in [0.3, 0.4) is 0 Å². The van der Waals surface area contributed by atoms with Crippen molar-refractivity contribution in [2.24, 2.45) is 0 Å². The van der Waals surface area contributed by atoms with E-state index < -0.39 is 5.60 Å². The Morgan fingerprint density at radius 2 is 0.625 bits per heavy atom. The van der Waals surface area contributed by atoms with Crippen LogP contribution in [0.2, 0.25) is 0 Å². The van der Waals surface area contributed by atoms with Gasteiger partial charge in [0.1, 0.15) is 5.60 Å². The average Bonchev–Trinajstić information content (AvgIpc) is 3.14. The number of rotatable bonds is 31. The fourth-order valence-corrected chi connectivity index (χ4v) is 5.28. The Morgan fingerprint density at radius 1 is 0.333 bits per heavy atom. The largest absolute Gasteiger partial charge is 0.379 e. The third-order valence-electron chi connectivity index (χ3n) is 7.49. The molecule has 9 heteroatoms. The van der Waals surface area contributed by atoms with Crippen molar-refractivity contribution >= 4 is 11.6 Å². The predicted octanol–water partition coefficient (Wildman–Crippen LogP) is 6.91. The van der Waals surface area contributed by atoms with E-state index in [1.165, 1.54) is 12.8 Å². The molecule has 0 unspecified atom stereocenters. The zero-order valence-corrected chi connectivity index (χ0v) is 29.2. The van der Waals surface area contributed by atoms with Crippen LogP contribution in [0.1, 0.15) is 42.4 Å². The van der Waals surface area contributed by atoms with Crippen molar-refractivity contribution in [3.63, 3.8) is 0 Å². The number of ether oxygens (including phenoxy) is 8. The monoisotopic (exact) mass is 686 g/mol. The quantitative estimate of drug-likeness (QED) is 0.0411. The maximum atomic E-state index is 6.72. The van der Waals surface area contributed by atoms with Crippen LogP contribution >= 0.6 is 11.6 Å².